The van der Waals surface area contributed by atoms with Gasteiger partial charge in [0, 0.05) is 21.8 Å². The minimum atomic E-state index is -0.369. The van der Waals surface area contributed by atoms with Gasteiger partial charge in [-0.25, -0.2) is 4.39 Å². The Balaban J connectivity index is 2.06. The van der Waals surface area contributed by atoms with Gasteiger partial charge in [-0.1, -0.05) is 34.1 Å². The van der Waals surface area contributed by atoms with Gasteiger partial charge in [-0.3, -0.25) is 4.79 Å². The predicted octanol–water partition coefficient (Wildman–Crippen LogP) is 4.24. The van der Waals surface area contributed by atoms with Crippen molar-refractivity contribution >= 4 is 33.6 Å². The summed E-state index contributed by atoms with van der Waals surface area (Å²) in [5.74, 6) is -0.669. The number of hydrogen-bond donors (Lipinski definition) is 1. The molecule has 2 aromatic rings. The van der Waals surface area contributed by atoms with Crippen LogP contribution in [-0.2, 0) is 4.79 Å². The number of hydrogen-bond acceptors (Lipinski definition) is 1. The molecule has 0 fully saturated rings. The Kier molecular flexibility index (Phi) is 4.47. The average Bonchev–Trinajstić information content (AvgIpc) is 2.41. The number of para-hydroxylation sites is 1. The van der Waals surface area contributed by atoms with E-state index in [1.807, 2.05) is 18.2 Å². The van der Waals surface area contributed by atoms with Gasteiger partial charge in [0.15, 0.2) is 0 Å². The second-order valence-corrected chi connectivity index (χ2v) is 4.77. The Morgan fingerprint density at radius 1 is 1.16 bits per heavy atom. The van der Waals surface area contributed by atoms with Crippen LogP contribution in [0.3, 0.4) is 0 Å². The van der Waals surface area contributed by atoms with Crippen LogP contribution in [0, 0.1) is 5.82 Å². The Morgan fingerprint density at radius 3 is 2.63 bits per heavy atom. The summed E-state index contributed by atoms with van der Waals surface area (Å²) in [4.78, 5) is 11.6. The summed E-state index contributed by atoms with van der Waals surface area (Å²) in [7, 11) is 0. The first-order valence-electron chi connectivity index (χ1n) is 5.64. The second kappa shape index (κ2) is 6.29. The highest BCUT2D eigenvalue weighted by molar-refractivity contribution is 9.10. The maximum absolute atomic E-state index is 13.4. The van der Waals surface area contributed by atoms with E-state index < -0.39 is 0 Å². The molecule has 0 radical (unpaired) electrons. The van der Waals surface area contributed by atoms with Crippen LogP contribution in [0.25, 0.3) is 6.08 Å². The van der Waals surface area contributed by atoms with Gasteiger partial charge in [-0.15, -0.1) is 0 Å². The lowest BCUT2D eigenvalue weighted by molar-refractivity contribution is -0.111. The van der Waals surface area contributed by atoms with E-state index in [-0.39, 0.29) is 11.7 Å². The van der Waals surface area contributed by atoms with E-state index in [0.29, 0.717) is 11.3 Å². The molecule has 0 bridgehead atoms. The molecule has 0 aliphatic rings. The number of amides is 1. The van der Waals surface area contributed by atoms with Crippen LogP contribution in [0.1, 0.15) is 5.56 Å². The third-order valence-electron chi connectivity index (χ3n) is 2.41. The SMILES string of the molecule is O=C(/C=C/c1cc(Br)ccc1F)Nc1ccccc1. The van der Waals surface area contributed by atoms with Gasteiger partial charge >= 0.3 is 0 Å². The zero-order chi connectivity index (χ0) is 13.7. The minimum absolute atomic E-state index is 0.300. The highest BCUT2D eigenvalue weighted by Gasteiger charge is 2.01. The van der Waals surface area contributed by atoms with Gasteiger partial charge in [-0.2, -0.15) is 0 Å². The van der Waals surface area contributed by atoms with Gasteiger partial charge in [0.1, 0.15) is 5.82 Å². The summed E-state index contributed by atoms with van der Waals surface area (Å²) in [5.41, 5.74) is 1.06. The maximum Gasteiger partial charge on any atom is 0.248 e. The Morgan fingerprint density at radius 2 is 1.89 bits per heavy atom. The molecular formula is C15H11BrFNO. The Bertz CT molecular complexity index is 611. The zero-order valence-corrected chi connectivity index (χ0v) is 11.5. The van der Waals surface area contributed by atoms with Crippen LogP contribution in [-0.4, -0.2) is 5.91 Å². The molecule has 0 saturated carbocycles. The molecule has 0 unspecified atom stereocenters. The van der Waals surface area contributed by atoms with Crippen molar-refractivity contribution < 1.29 is 9.18 Å². The molecule has 0 saturated heterocycles. The lowest BCUT2D eigenvalue weighted by Gasteiger charge is -2.01. The smallest absolute Gasteiger partial charge is 0.248 e. The fraction of sp³-hybridized carbons (Fsp3) is 0. The molecule has 96 valence electrons. The topological polar surface area (TPSA) is 29.1 Å². The molecule has 0 aromatic heterocycles. The third-order valence-corrected chi connectivity index (χ3v) is 2.91. The highest BCUT2D eigenvalue weighted by atomic mass is 79.9. The van der Waals surface area contributed by atoms with Crippen molar-refractivity contribution in [1.29, 1.82) is 0 Å². The molecule has 1 N–H and O–H groups in total. The van der Waals surface area contributed by atoms with E-state index >= 15 is 0 Å². The average molecular weight is 320 g/mol. The predicted molar refractivity (Wildman–Crippen MR) is 78.2 cm³/mol. The largest absolute Gasteiger partial charge is 0.323 e. The first kappa shape index (κ1) is 13.5. The molecular weight excluding hydrogens is 309 g/mol. The van der Waals surface area contributed by atoms with Crippen LogP contribution in [0.4, 0.5) is 10.1 Å². The van der Waals surface area contributed by atoms with Gasteiger partial charge in [0.2, 0.25) is 5.91 Å². The number of halogens is 2. The molecule has 1 amide bonds. The number of anilines is 1. The van der Waals surface area contributed by atoms with Gasteiger partial charge in [0.05, 0.1) is 0 Å². The fourth-order valence-electron chi connectivity index (χ4n) is 1.51. The van der Waals surface area contributed by atoms with Crippen molar-refractivity contribution in [2.24, 2.45) is 0 Å². The van der Waals surface area contributed by atoms with Crippen molar-refractivity contribution in [2.75, 3.05) is 5.32 Å². The van der Waals surface area contributed by atoms with Crippen LogP contribution < -0.4 is 5.32 Å². The highest BCUT2D eigenvalue weighted by Crippen LogP contribution is 2.16. The van der Waals surface area contributed by atoms with Gasteiger partial charge < -0.3 is 5.32 Å². The molecule has 0 spiro atoms. The van der Waals surface area contributed by atoms with E-state index in [9.17, 15) is 9.18 Å². The summed E-state index contributed by atoms with van der Waals surface area (Å²) in [6.07, 6.45) is 2.75. The molecule has 0 aliphatic carbocycles. The van der Waals surface area contributed by atoms with E-state index in [0.717, 1.165) is 4.47 Å². The minimum Gasteiger partial charge on any atom is -0.323 e. The van der Waals surface area contributed by atoms with E-state index in [1.165, 1.54) is 18.2 Å². The molecule has 19 heavy (non-hydrogen) atoms. The summed E-state index contributed by atoms with van der Waals surface area (Å²) in [6.45, 7) is 0. The second-order valence-electron chi connectivity index (χ2n) is 3.85. The quantitative estimate of drug-likeness (QED) is 0.842. The molecule has 0 atom stereocenters. The Labute approximate surface area is 119 Å². The van der Waals surface area contributed by atoms with Crippen LogP contribution in [0.5, 0.6) is 0 Å². The lowest BCUT2D eigenvalue weighted by Crippen LogP contribution is -2.07. The number of rotatable bonds is 3. The molecule has 0 aliphatic heterocycles. The molecule has 2 nitrogen and oxygen atoms in total. The number of benzene rings is 2. The van der Waals surface area contributed by atoms with Crippen LogP contribution >= 0.6 is 15.9 Å². The van der Waals surface area contributed by atoms with E-state index in [2.05, 4.69) is 21.2 Å². The van der Waals surface area contributed by atoms with Crippen LogP contribution in [0.2, 0.25) is 0 Å². The maximum atomic E-state index is 13.4. The summed E-state index contributed by atoms with van der Waals surface area (Å²) >= 11 is 3.26. The molecule has 2 aromatic carbocycles. The first-order valence-corrected chi connectivity index (χ1v) is 6.43. The normalized spacial score (nSPS) is 10.6. The van der Waals surface area contributed by atoms with Crippen molar-refractivity contribution in [2.45, 2.75) is 0 Å². The summed E-state index contributed by atoms with van der Waals surface area (Å²) in [5, 5.41) is 2.69. The number of nitrogens with one attached hydrogen (secondary N) is 1. The first-order chi connectivity index (χ1) is 9.15. The van der Waals surface area contributed by atoms with Crippen molar-refractivity contribution in [3.63, 3.8) is 0 Å². The molecule has 0 heterocycles. The fourth-order valence-corrected chi connectivity index (χ4v) is 1.89. The van der Waals surface area contributed by atoms with Gasteiger partial charge in [-0.05, 0) is 36.4 Å². The van der Waals surface area contributed by atoms with Crippen molar-refractivity contribution in [3.8, 4) is 0 Å². The summed E-state index contributed by atoms with van der Waals surface area (Å²) in [6, 6.07) is 13.6. The van der Waals surface area contributed by atoms with Gasteiger partial charge in [0.25, 0.3) is 0 Å². The molecule has 4 heteroatoms. The Hall–Kier alpha value is -1.94. The standard InChI is InChI=1S/C15H11BrFNO/c16-12-7-8-14(17)11(10-12)6-9-15(19)18-13-4-2-1-3-5-13/h1-10H,(H,18,19)/b9-6+. The zero-order valence-electron chi connectivity index (χ0n) is 9.94. The van der Waals surface area contributed by atoms with Crippen LogP contribution in [0.15, 0.2) is 59.1 Å². The lowest BCUT2D eigenvalue weighted by atomic mass is 10.2. The number of carbonyl (C=O) groups is 1. The van der Waals surface area contributed by atoms with Crippen molar-refractivity contribution in [1.82, 2.24) is 0 Å². The summed E-state index contributed by atoms with van der Waals surface area (Å²) < 4.78 is 14.2. The van der Waals surface area contributed by atoms with E-state index in [4.69, 9.17) is 0 Å². The monoisotopic (exact) mass is 319 g/mol. The number of carbonyl (C=O) groups excluding carboxylic acids is 1. The van der Waals surface area contributed by atoms with E-state index in [1.54, 1.807) is 24.3 Å². The third kappa shape index (κ3) is 4.03. The van der Waals surface area contributed by atoms with Crippen molar-refractivity contribution in [3.05, 3.63) is 70.5 Å². The molecule has 2 rings (SSSR count).